The van der Waals surface area contributed by atoms with E-state index in [1.807, 2.05) is 20.8 Å². The number of hydrogen-bond donors (Lipinski definition) is 0. The molecule has 0 saturated heterocycles. The third-order valence-electron chi connectivity index (χ3n) is 20.6. The molecule has 0 aromatic carbocycles. The Morgan fingerprint density at radius 1 is 0.364 bits per heavy atom. The van der Waals surface area contributed by atoms with Crippen LogP contribution in [0.2, 0.25) is 0 Å². The van der Waals surface area contributed by atoms with Gasteiger partial charge < -0.3 is 0 Å². The van der Waals surface area contributed by atoms with Crippen LogP contribution in [0.1, 0.15) is 344 Å². The smallest absolute Gasteiger partial charge is 0.251 e. The molecule has 0 heterocycles. The minimum Gasteiger partial charge on any atom is -0.251 e. The van der Waals surface area contributed by atoms with E-state index in [1.54, 1.807) is 20.8 Å². The van der Waals surface area contributed by atoms with Gasteiger partial charge in [-0.3, -0.25) is 4.39 Å². The second-order valence-electron chi connectivity index (χ2n) is 34.3. The van der Waals surface area contributed by atoms with Crippen LogP contribution in [0, 0.1) is 116 Å². The molecule has 3 rings (SSSR count). The van der Waals surface area contributed by atoms with Crippen molar-refractivity contribution >= 4 is 0 Å². The van der Waals surface area contributed by atoms with Crippen LogP contribution in [0.25, 0.3) is 0 Å². The van der Waals surface area contributed by atoms with Crippen LogP contribution < -0.4 is 0 Å². The largest absolute Gasteiger partial charge is 0.402 e. The van der Waals surface area contributed by atoms with E-state index >= 15 is 0 Å². The first-order valence-corrected chi connectivity index (χ1v) is 39.0. The minimum atomic E-state index is -5.24. The van der Waals surface area contributed by atoms with Crippen LogP contribution in [0.15, 0.2) is 0 Å². The van der Waals surface area contributed by atoms with E-state index < -0.39 is 126 Å². The third-order valence-corrected chi connectivity index (χ3v) is 20.6. The zero-order valence-corrected chi connectivity index (χ0v) is 72.1. The van der Waals surface area contributed by atoms with Gasteiger partial charge in [-0.1, -0.05) is 279 Å². The predicted octanol–water partition coefficient (Wildman–Crippen LogP) is 35.2. The Morgan fingerprint density at radius 2 is 0.720 bits per heavy atom. The molecule has 13 atom stereocenters. The maximum atomic E-state index is 12.6. The van der Waals surface area contributed by atoms with E-state index in [1.165, 1.54) is 107 Å². The number of halogens is 26. The Hall–Kier alpha value is -1.82. The molecule has 0 spiro atoms. The highest BCUT2D eigenvalue weighted by Crippen LogP contribution is 2.57. The van der Waals surface area contributed by atoms with Crippen molar-refractivity contribution in [3.63, 3.8) is 0 Å². The molecule has 0 amide bonds. The molecule has 0 aromatic heterocycles. The van der Waals surface area contributed by atoms with E-state index in [4.69, 9.17) is 0 Å². The van der Waals surface area contributed by atoms with Gasteiger partial charge in [-0.25, -0.2) is 17.6 Å². The summed E-state index contributed by atoms with van der Waals surface area (Å²) in [6.45, 7) is 58.8. The summed E-state index contributed by atoms with van der Waals surface area (Å²) in [4.78, 5) is 0. The van der Waals surface area contributed by atoms with E-state index in [2.05, 4.69) is 104 Å². The molecule has 0 aromatic rings. The second-order valence-corrected chi connectivity index (χ2v) is 34.3. The second kappa shape index (κ2) is 56.4. The zero-order chi connectivity index (χ0) is 88.2. The molecule has 660 valence electrons. The lowest BCUT2D eigenvalue weighted by Crippen LogP contribution is -2.47. The molecular formula is C81H154F26. The molecule has 107 heavy (non-hydrogen) atoms. The molecule has 3 fully saturated rings. The van der Waals surface area contributed by atoms with Gasteiger partial charge in [0.05, 0.1) is 35.8 Å². The topological polar surface area (TPSA) is 0 Å². The summed E-state index contributed by atoms with van der Waals surface area (Å²) >= 11 is 0. The Bertz CT molecular complexity index is 1960. The van der Waals surface area contributed by atoms with Gasteiger partial charge in [0.2, 0.25) is 12.3 Å². The fraction of sp³-hybridized carbons (Fsp3) is 1.00. The Labute approximate surface area is 634 Å². The Kier molecular flexibility index (Phi) is 65.1. The van der Waals surface area contributed by atoms with Gasteiger partial charge in [0.25, 0.3) is 0 Å². The van der Waals surface area contributed by atoms with Crippen molar-refractivity contribution in [1.82, 2.24) is 0 Å². The summed E-state index contributed by atoms with van der Waals surface area (Å²) in [6.07, 6.45) is -19.6. The first kappa shape index (κ1) is 123. The average molecular weight is 1620 g/mol. The van der Waals surface area contributed by atoms with Crippen molar-refractivity contribution < 1.29 is 114 Å². The summed E-state index contributed by atoms with van der Waals surface area (Å²) in [5.74, 6) is -8.43. The van der Waals surface area contributed by atoms with Crippen LogP contribution in [0.5, 0.6) is 0 Å². The molecule has 3 saturated carbocycles. The summed E-state index contributed by atoms with van der Waals surface area (Å²) < 4.78 is 313. The molecule has 0 bridgehead atoms. The lowest BCUT2D eigenvalue weighted by atomic mass is 9.86. The zero-order valence-electron chi connectivity index (χ0n) is 72.1. The SMILES string of the molecule is CC1C(C(F)(F)F)C(C)[C@@H](C)C1C(F)(F)F.CC1CCC(C)C1C.CC1C[C@H](C)CC1C(F)(F)F.CCC(C)(C(F)(F)F)C(F)(F)F.CCC(C)(C)C.CCC(C)(C)C(F)(F)F.CCC(F)(F)C(C)C.CCCC(C)(C)C.CCCC(C)C.CCCC(C)C(F)(F)F.CCCC(C)C(F)F.CCCC(C)CF. The number of rotatable bonds is 15. The lowest BCUT2D eigenvalue weighted by molar-refractivity contribution is -0.335. The molecule has 11 unspecified atom stereocenters. The van der Waals surface area contributed by atoms with Crippen LogP contribution >= 0.6 is 0 Å². The molecule has 0 aliphatic heterocycles. The van der Waals surface area contributed by atoms with Gasteiger partial charge in [0.1, 0.15) is 0 Å². The highest BCUT2D eigenvalue weighted by atomic mass is 19.4. The fourth-order valence-corrected chi connectivity index (χ4v) is 10.9. The van der Waals surface area contributed by atoms with Gasteiger partial charge >= 0.3 is 43.2 Å². The van der Waals surface area contributed by atoms with E-state index in [0.29, 0.717) is 30.1 Å². The third kappa shape index (κ3) is 60.4. The Morgan fingerprint density at radius 3 is 0.794 bits per heavy atom. The predicted molar refractivity (Wildman–Crippen MR) is 395 cm³/mol. The van der Waals surface area contributed by atoms with Gasteiger partial charge in [0, 0.05) is 18.3 Å². The first-order chi connectivity index (χ1) is 47.3. The van der Waals surface area contributed by atoms with Crippen molar-refractivity contribution in [1.29, 1.82) is 0 Å². The van der Waals surface area contributed by atoms with Crippen LogP contribution in [0.3, 0.4) is 0 Å². The monoisotopic (exact) mass is 1620 g/mol. The molecule has 3 aliphatic carbocycles. The quantitative estimate of drug-likeness (QED) is 0.143. The summed E-state index contributed by atoms with van der Waals surface area (Å²) in [5, 5.41) is 0. The minimum absolute atomic E-state index is 0.0509. The maximum Gasteiger partial charge on any atom is 0.402 e. The van der Waals surface area contributed by atoms with Crippen molar-refractivity contribution in [2.45, 2.75) is 400 Å². The van der Waals surface area contributed by atoms with Crippen molar-refractivity contribution in [3.05, 3.63) is 0 Å². The highest BCUT2D eigenvalue weighted by molar-refractivity contribution is 4.97. The summed E-state index contributed by atoms with van der Waals surface area (Å²) in [5.41, 5.74) is -4.01. The lowest BCUT2D eigenvalue weighted by Gasteiger charge is -2.32. The van der Waals surface area contributed by atoms with E-state index in [9.17, 15) is 114 Å². The van der Waals surface area contributed by atoms with E-state index in [-0.39, 0.29) is 50.6 Å². The van der Waals surface area contributed by atoms with Gasteiger partial charge in [-0.05, 0) is 128 Å². The van der Waals surface area contributed by atoms with Gasteiger partial charge in [-0.15, -0.1) is 0 Å². The first-order valence-electron chi connectivity index (χ1n) is 39.0. The molecule has 26 heteroatoms. The standard InChI is InChI=1S/C10H14F6.C8H13F3.C8H16.C7H16.C6H8F6.2C6H11F3.2C6H12F2.C6H13F.2C6H14/c1-4-5(2)8(10(14,15)16)6(3)7(4)9(11,12)13;1-5-3-6(2)7(4-5)8(9,10)11;1-6-4-5-7(2)8(6)3;1-5-6-7(2,3)4;1-3-4(2,5(7,8)9)6(10,11)12;1-4-5(2,3)6(7,8)9;1-3-4-5(2)6(7,8)9;1-4-6(7,8)5(2)3;1-3-4-5(2)6(7)8;1-3-4-6(2)5-7;1-5-6(2,3)4;1-4-5-6(2)3/h4-8H,1-3H3;5-7H,3-4H2,1-2H3;6-8H,4-5H2,1-3H3;5-6H2,1-4H3;3H2,1-2H3;4H2,1-3H3;5H,3-4H2,1-2H3;5H,4H2,1-3H3;5-6H,3-4H2,1-2H3;6H,3-5H2,1-2H3;5H2,1-4H3;6H,4-5H2,1-3H3/t4-,5?,6?,7?,8?;5-,6?,7?;;;;;;;;;;/m10........../s1. The van der Waals surface area contributed by atoms with Crippen LogP contribution in [-0.2, 0) is 0 Å². The highest BCUT2D eigenvalue weighted by Gasteiger charge is 2.66. The maximum absolute atomic E-state index is 12.6. The van der Waals surface area contributed by atoms with Crippen molar-refractivity contribution in [2.24, 2.45) is 116 Å². The average Bonchev–Trinajstić information content (AvgIpc) is 1.64. The molecule has 0 nitrogen and oxygen atoms in total. The van der Waals surface area contributed by atoms with Gasteiger partial charge in [-0.2, -0.15) is 92.2 Å². The van der Waals surface area contributed by atoms with E-state index in [0.717, 1.165) is 63.2 Å². The fourth-order valence-electron chi connectivity index (χ4n) is 10.9. The molecule has 0 N–H and O–H groups in total. The van der Waals surface area contributed by atoms with Crippen molar-refractivity contribution in [2.75, 3.05) is 6.67 Å². The molecular weight excluding hydrogens is 1470 g/mol. The van der Waals surface area contributed by atoms with Crippen molar-refractivity contribution in [3.8, 4) is 0 Å². The Balaban J connectivity index is -0.000000141. The molecule has 3 aliphatic rings. The summed E-state index contributed by atoms with van der Waals surface area (Å²) in [6, 6.07) is 0. The van der Waals surface area contributed by atoms with Crippen LogP contribution in [-0.4, -0.2) is 62.3 Å². The number of alkyl halides is 26. The molecule has 0 radical (unpaired) electrons. The summed E-state index contributed by atoms with van der Waals surface area (Å²) in [7, 11) is 0. The van der Waals surface area contributed by atoms with Gasteiger partial charge in [0.15, 0.2) is 5.41 Å². The van der Waals surface area contributed by atoms with Crippen LogP contribution in [0.4, 0.5) is 114 Å². The normalized spacial score (nSPS) is 23.0. The number of hydrogen-bond acceptors (Lipinski definition) is 0.